The molecular formula is C18H18N2O5S. The summed E-state index contributed by atoms with van der Waals surface area (Å²) in [4.78, 5) is 4.39. The summed E-state index contributed by atoms with van der Waals surface area (Å²) in [5.74, 6) is 1.48. The van der Waals surface area contributed by atoms with Crippen LogP contribution in [0.15, 0.2) is 59.8 Å². The Morgan fingerprint density at radius 1 is 0.923 bits per heavy atom. The van der Waals surface area contributed by atoms with Gasteiger partial charge in [0.05, 0.1) is 26.2 Å². The van der Waals surface area contributed by atoms with Crippen LogP contribution in [-0.4, -0.2) is 38.7 Å². The molecule has 0 fully saturated rings. The van der Waals surface area contributed by atoms with Gasteiger partial charge in [-0.15, -0.1) is 0 Å². The molecule has 0 aliphatic rings. The maximum Gasteiger partial charge on any atom is 0.269 e. The molecule has 2 aromatic carbocycles. The van der Waals surface area contributed by atoms with E-state index in [0.717, 1.165) is 3.97 Å². The van der Waals surface area contributed by atoms with Crippen LogP contribution < -0.4 is 14.2 Å². The van der Waals surface area contributed by atoms with Gasteiger partial charge in [-0.1, -0.05) is 18.2 Å². The maximum atomic E-state index is 13.0. The lowest BCUT2D eigenvalue weighted by atomic mass is 10.1. The highest BCUT2D eigenvalue weighted by Crippen LogP contribution is 2.41. The van der Waals surface area contributed by atoms with E-state index in [9.17, 15) is 8.42 Å². The van der Waals surface area contributed by atoms with Crippen molar-refractivity contribution in [2.45, 2.75) is 4.90 Å². The van der Waals surface area contributed by atoms with Crippen molar-refractivity contribution >= 4 is 10.0 Å². The highest BCUT2D eigenvalue weighted by molar-refractivity contribution is 7.90. The molecule has 0 saturated carbocycles. The number of nitrogens with zero attached hydrogens (tertiary/aromatic N) is 2. The first-order valence-electron chi connectivity index (χ1n) is 7.67. The van der Waals surface area contributed by atoms with Crippen LogP contribution in [0.2, 0.25) is 0 Å². The van der Waals surface area contributed by atoms with Crippen LogP contribution in [-0.2, 0) is 10.0 Å². The molecule has 7 nitrogen and oxygen atoms in total. The molecule has 0 atom stereocenters. The van der Waals surface area contributed by atoms with Gasteiger partial charge < -0.3 is 14.2 Å². The van der Waals surface area contributed by atoms with E-state index in [1.807, 2.05) is 0 Å². The summed E-state index contributed by atoms with van der Waals surface area (Å²) in [7, 11) is 0.701. The average molecular weight is 374 g/mol. The Hall–Kier alpha value is -3.00. The standard InChI is InChI=1S/C18H18N2O5S/c1-23-15-11-13(12-16(24-2)17(15)25-3)18-19-9-10-20(18)26(21,22)14-7-5-4-6-8-14/h4-12H,1-3H3. The Balaban J connectivity index is 2.18. The molecule has 26 heavy (non-hydrogen) atoms. The summed E-state index contributed by atoms with van der Waals surface area (Å²) >= 11 is 0. The number of imidazole rings is 1. The van der Waals surface area contributed by atoms with Crippen LogP contribution in [0.3, 0.4) is 0 Å². The number of benzene rings is 2. The highest BCUT2D eigenvalue weighted by Gasteiger charge is 2.23. The Morgan fingerprint density at radius 2 is 1.54 bits per heavy atom. The first kappa shape index (κ1) is 17.8. The quantitative estimate of drug-likeness (QED) is 0.660. The van der Waals surface area contributed by atoms with E-state index in [4.69, 9.17) is 14.2 Å². The largest absolute Gasteiger partial charge is 0.493 e. The van der Waals surface area contributed by atoms with Crippen molar-refractivity contribution in [3.63, 3.8) is 0 Å². The SMILES string of the molecule is COc1cc(-c2nccn2S(=O)(=O)c2ccccc2)cc(OC)c1OC. The molecule has 0 amide bonds. The minimum absolute atomic E-state index is 0.173. The fraction of sp³-hybridized carbons (Fsp3) is 0.167. The van der Waals surface area contributed by atoms with Crippen LogP contribution in [0.1, 0.15) is 0 Å². The summed E-state index contributed by atoms with van der Waals surface area (Å²) in [6.07, 6.45) is 2.83. The molecule has 0 aliphatic heterocycles. The second kappa shape index (κ2) is 7.09. The topological polar surface area (TPSA) is 79.7 Å². The van der Waals surface area contributed by atoms with E-state index in [0.29, 0.717) is 22.8 Å². The number of methoxy groups -OCH3 is 3. The van der Waals surface area contributed by atoms with Crippen molar-refractivity contribution in [2.75, 3.05) is 21.3 Å². The molecule has 0 radical (unpaired) electrons. The minimum Gasteiger partial charge on any atom is -0.493 e. The number of hydrogen-bond acceptors (Lipinski definition) is 6. The molecule has 0 spiro atoms. The van der Waals surface area contributed by atoms with Crippen molar-refractivity contribution in [1.29, 1.82) is 0 Å². The molecule has 0 saturated heterocycles. The molecule has 136 valence electrons. The second-order valence-electron chi connectivity index (χ2n) is 5.28. The van der Waals surface area contributed by atoms with E-state index in [2.05, 4.69) is 4.98 Å². The first-order valence-corrected chi connectivity index (χ1v) is 9.11. The smallest absolute Gasteiger partial charge is 0.269 e. The number of hydrogen-bond donors (Lipinski definition) is 0. The zero-order chi connectivity index (χ0) is 18.7. The molecule has 8 heteroatoms. The van der Waals surface area contributed by atoms with Crippen molar-refractivity contribution in [1.82, 2.24) is 8.96 Å². The van der Waals surface area contributed by atoms with Crippen LogP contribution in [0.25, 0.3) is 11.4 Å². The number of ether oxygens (including phenoxy) is 3. The van der Waals surface area contributed by atoms with Gasteiger partial charge in [-0.2, -0.15) is 0 Å². The van der Waals surface area contributed by atoms with Gasteiger partial charge in [0, 0.05) is 18.0 Å². The molecule has 1 heterocycles. The van der Waals surface area contributed by atoms with Gasteiger partial charge in [0.25, 0.3) is 10.0 Å². The van der Waals surface area contributed by atoms with Crippen LogP contribution >= 0.6 is 0 Å². The Morgan fingerprint density at radius 3 is 2.08 bits per heavy atom. The van der Waals surface area contributed by atoms with Crippen molar-refractivity contribution in [2.24, 2.45) is 0 Å². The van der Waals surface area contributed by atoms with Gasteiger partial charge in [0.2, 0.25) is 5.75 Å². The average Bonchev–Trinajstić information content (AvgIpc) is 3.18. The lowest BCUT2D eigenvalue weighted by Crippen LogP contribution is -2.13. The molecule has 0 aliphatic carbocycles. The van der Waals surface area contributed by atoms with Crippen LogP contribution in [0.4, 0.5) is 0 Å². The van der Waals surface area contributed by atoms with E-state index in [1.165, 1.54) is 45.9 Å². The summed E-state index contributed by atoms with van der Waals surface area (Å²) < 4.78 is 43.0. The summed E-state index contributed by atoms with van der Waals surface area (Å²) in [6, 6.07) is 11.5. The van der Waals surface area contributed by atoms with E-state index >= 15 is 0 Å². The van der Waals surface area contributed by atoms with Gasteiger partial charge in [-0.05, 0) is 24.3 Å². The van der Waals surface area contributed by atoms with Crippen LogP contribution in [0.5, 0.6) is 17.2 Å². The highest BCUT2D eigenvalue weighted by atomic mass is 32.2. The molecular weight excluding hydrogens is 356 g/mol. The molecule has 3 aromatic rings. The van der Waals surface area contributed by atoms with E-state index in [1.54, 1.807) is 30.3 Å². The number of rotatable bonds is 6. The molecule has 1 aromatic heterocycles. The first-order chi connectivity index (χ1) is 12.5. The minimum atomic E-state index is -3.79. The fourth-order valence-corrected chi connectivity index (χ4v) is 3.93. The summed E-state index contributed by atoms with van der Waals surface area (Å²) in [6.45, 7) is 0. The third-order valence-electron chi connectivity index (χ3n) is 3.83. The van der Waals surface area contributed by atoms with E-state index in [-0.39, 0.29) is 10.7 Å². The Bertz CT molecular complexity index is 988. The van der Waals surface area contributed by atoms with E-state index < -0.39 is 10.0 Å². The summed E-state index contributed by atoms with van der Waals surface area (Å²) in [5, 5.41) is 0. The van der Waals surface area contributed by atoms with Crippen molar-refractivity contribution in [3.8, 4) is 28.6 Å². The predicted molar refractivity (Wildman–Crippen MR) is 96.3 cm³/mol. The van der Waals surface area contributed by atoms with Gasteiger partial charge in [-0.25, -0.2) is 17.4 Å². The van der Waals surface area contributed by atoms with Crippen molar-refractivity contribution in [3.05, 3.63) is 54.9 Å². The third kappa shape index (κ3) is 2.99. The zero-order valence-electron chi connectivity index (χ0n) is 14.5. The molecule has 0 N–H and O–H groups in total. The van der Waals surface area contributed by atoms with Gasteiger partial charge in [-0.3, -0.25) is 0 Å². The zero-order valence-corrected chi connectivity index (χ0v) is 15.4. The maximum absolute atomic E-state index is 13.0. The van der Waals surface area contributed by atoms with Gasteiger partial charge >= 0.3 is 0 Å². The number of aromatic nitrogens is 2. The Kier molecular flexibility index (Phi) is 4.85. The second-order valence-corrected chi connectivity index (χ2v) is 7.09. The third-order valence-corrected chi connectivity index (χ3v) is 5.51. The monoisotopic (exact) mass is 374 g/mol. The lowest BCUT2D eigenvalue weighted by molar-refractivity contribution is 0.324. The fourth-order valence-electron chi connectivity index (χ4n) is 2.60. The Labute approximate surface area is 151 Å². The molecule has 0 unspecified atom stereocenters. The molecule has 0 bridgehead atoms. The lowest BCUT2D eigenvalue weighted by Gasteiger charge is -2.15. The molecule has 3 rings (SSSR count). The predicted octanol–water partition coefficient (Wildman–Crippen LogP) is 2.81. The normalized spacial score (nSPS) is 11.2. The summed E-state index contributed by atoms with van der Waals surface area (Å²) in [5.41, 5.74) is 0.518. The van der Waals surface area contributed by atoms with Gasteiger partial charge in [0.15, 0.2) is 17.3 Å². The van der Waals surface area contributed by atoms with Gasteiger partial charge in [0.1, 0.15) is 0 Å². The van der Waals surface area contributed by atoms with Crippen molar-refractivity contribution < 1.29 is 22.6 Å². The van der Waals surface area contributed by atoms with Crippen LogP contribution in [0, 0.1) is 0 Å².